The third-order valence-electron chi connectivity index (χ3n) is 3.65. The van der Waals surface area contributed by atoms with Crippen LogP contribution in [0.4, 0.5) is 5.69 Å². The minimum absolute atomic E-state index is 0. The molecule has 0 spiro atoms. The van der Waals surface area contributed by atoms with Gasteiger partial charge in [0.05, 0.1) is 24.4 Å². The number of carbonyl (C=O) groups is 1. The first-order valence-electron chi connectivity index (χ1n) is 7.67. The van der Waals surface area contributed by atoms with Crippen LogP contribution in [0.15, 0.2) is 18.3 Å². The fourth-order valence-corrected chi connectivity index (χ4v) is 2.60. The number of rotatable bonds is 5. The molecular weight excluding hydrogens is 282 g/mol. The van der Waals surface area contributed by atoms with E-state index >= 15 is 0 Å². The molecule has 1 amide bonds. The average molecular weight is 305 g/mol. The fourth-order valence-electron chi connectivity index (χ4n) is 2.60. The number of hydrogen-bond donors (Lipinski definition) is 1. The van der Waals surface area contributed by atoms with Crippen LogP contribution in [0.2, 0.25) is 0 Å². The van der Waals surface area contributed by atoms with Gasteiger partial charge in [0.15, 0.2) is 0 Å². The Hall–Kier alpha value is -2.08. The molecule has 6 nitrogen and oxygen atoms in total. The number of carbonyl (C=O) groups excluding carboxylic acids is 1. The predicted octanol–water partition coefficient (Wildman–Crippen LogP) is 2.73. The largest absolute Gasteiger partial charge is 0.486 e. The molecule has 0 saturated carbocycles. The fraction of sp³-hybridized carbons (Fsp3) is 0.500. The third kappa shape index (κ3) is 3.22. The van der Waals surface area contributed by atoms with E-state index in [0.717, 1.165) is 23.7 Å². The molecule has 3 rings (SSSR count). The highest BCUT2D eigenvalue weighted by molar-refractivity contribution is 5.96. The van der Waals surface area contributed by atoms with Crippen molar-refractivity contribution in [2.75, 3.05) is 18.5 Å². The van der Waals surface area contributed by atoms with E-state index in [1.807, 2.05) is 32.3 Å². The van der Waals surface area contributed by atoms with E-state index in [4.69, 9.17) is 9.47 Å². The SMILES string of the molecule is CCCC(=O)Nc1cc2cn(C)nc2cc1OC1CCOC1.[HH]. The van der Waals surface area contributed by atoms with Crippen LogP contribution in [0.5, 0.6) is 5.75 Å². The summed E-state index contributed by atoms with van der Waals surface area (Å²) in [7, 11) is 1.88. The zero-order valence-corrected chi connectivity index (χ0v) is 13.0. The van der Waals surface area contributed by atoms with Crippen molar-refractivity contribution < 1.29 is 15.7 Å². The van der Waals surface area contributed by atoms with E-state index in [-0.39, 0.29) is 13.4 Å². The minimum Gasteiger partial charge on any atom is -0.486 e. The molecule has 1 fully saturated rings. The zero-order chi connectivity index (χ0) is 15.5. The van der Waals surface area contributed by atoms with E-state index in [1.165, 1.54) is 0 Å². The lowest BCUT2D eigenvalue weighted by molar-refractivity contribution is -0.116. The van der Waals surface area contributed by atoms with Crippen molar-refractivity contribution in [2.45, 2.75) is 32.3 Å². The Labute approximate surface area is 130 Å². The summed E-state index contributed by atoms with van der Waals surface area (Å²) in [5.74, 6) is 0.657. The Morgan fingerprint density at radius 1 is 1.59 bits per heavy atom. The van der Waals surface area contributed by atoms with Gasteiger partial charge in [0.25, 0.3) is 0 Å². The normalized spacial score (nSPS) is 17.8. The molecule has 1 aliphatic heterocycles. The van der Waals surface area contributed by atoms with E-state index in [2.05, 4.69) is 10.4 Å². The summed E-state index contributed by atoms with van der Waals surface area (Å²) in [6.45, 7) is 3.29. The second-order valence-corrected chi connectivity index (χ2v) is 5.61. The van der Waals surface area contributed by atoms with Gasteiger partial charge in [0.1, 0.15) is 11.9 Å². The Balaban J connectivity index is 0.00000192. The molecule has 1 saturated heterocycles. The van der Waals surface area contributed by atoms with Gasteiger partial charge >= 0.3 is 0 Å². The molecule has 0 aliphatic carbocycles. The molecular formula is C16H23N3O3. The van der Waals surface area contributed by atoms with Gasteiger partial charge in [-0.1, -0.05) is 6.92 Å². The maximum absolute atomic E-state index is 11.9. The summed E-state index contributed by atoms with van der Waals surface area (Å²) < 4.78 is 13.1. The lowest BCUT2D eigenvalue weighted by atomic mass is 10.2. The van der Waals surface area contributed by atoms with Crippen LogP contribution in [-0.2, 0) is 16.6 Å². The Morgan fingerprint density at radius 3 is 3.18 bits per heavy atom. The van der Waals surface area contributed by atoms with Crippen molar-refractivity contribution in [2.24, 2.45) is 7.05 Å². The highest BCUT2D eigenvalue weighted by Gasteiger charge is 2.20. The van der Waals surface area contributed by atoms with Gasteiger partial charge in [-0.3, -0.25) is 9.48 Å². The lowest BCUT2D eigenvalue weighted by Gasteiger charge is -2.16. The van der Waals surface area contributed by atoms with Gasteiger partial charge in [0.2, 0.25) is 5.91 Å². The Kier molecular flexibility index (Phi) is 4.29. The topological polar surface area (TPSA) is 65.4 Å². The highest BCUT2D eigenvalue weighted by atomic mass is 16.5. The summed E-state index contributed by atoms with van der Waals surface area (Å²) in [6, 6.07) is 3.80. The summed E-state index contributed by atoms with van der Waals surface area (Å²) in [5.41, 5.74) is 1.55. The number of amides is 1. The first-order chi connectivity index (χ1) is 10.7. The van der Waals surface area contributed by atoms with Crippen molar-refractivity contribution in [1.82, 2.24) is 9.78 Å². The Morgan fingerprint density at radius 2 is 2.45 bits per heavy atom. The molecule has 2 heterocycles. The molecule has 22 heavy (non-hydrogen) atoms. The lowest BCUT2D eigenvalue weighted by Crippen LogP contribution is -2.18. The van der Waals surface area contributed by atoms with Crippen molar-refractivity contribution in [1.29, 1.82) is 0 Å². The van der Waals surface area contributed by atoms with E-state index in [1.54, 1.807) is 4.68 Å². The quantitative estimate of drug-likeness (QED) is 0.922. The zero-order valence-electron chi connectivity index (χ0n) is 13.0. The van der Waals surface area contributed by atoms with Crippen molar-refractivity contribution in [3.8, 4) is 5.75 Å². The predicted molar refractivity (Wildman–Crippen MR) is 86.2 cm³/mol. The molecule has 0 radical (unpaired) electrons. The molecule has 1 unspecified atom stereocenters. The monoisotopic (exact) mass is 305 g/mol. The maximum atomic E-state index is 11.9. The number of nitrogens with one attached hydrogen (secondary N) is 1. The number of anilines is 1. The van der Waals surface area contributed by atoms with E-state index in [9.17, 15) is 4.79 Å². The van der Waals surface area contributed by atoms with Gasteiger partial charge < -0.3 is 14.8 Å². The van der Waals surface area contributed by atoms with Crippen LogP contribution < -0.4 is 10.1 Å². The number of aryl methyl sites for hydroxylation is 1. The van der Waals surface area contributed by atoms with Crippen molar-refractivity contribution >= 4 is 22.5 Å². The van der Waals surface area contributed by atoms with Crippen LogP contribution in [0.3, 0.4) is 0 Å². The van der Waals surface area contributed by atoms with Crippen LogP contribution in [0, 0.1) is 0 Å². The summed E-state index contributed by atoms with van der Waals surface area (Å²) in [5, 5.41) is 8.32. The van der Waals surface area contributed by atoms with Crippen LogP contribution in [-0.4, -0.2) is 35.0 Å². The molecule has 1 aromatic heterocycles. The summed E-state index contributed by atoms with van der Waals surface area (Å²) in [6.07, 6.45) is 4.13. The number of benzene rings is 1. The summed E-state index contributed by atoms with van der Waals surface area (Å²) in [4.78, 5) is 11.9. The minimum atomic E-state index is -0.00161. The number of aromatic nitrogens is 2. The standard InChI is InChI=1S/C16H21N3O3.H2/c1-3-4-16(20)17-14-7-11-9-19(2)18-13(11)8-15(14)22-12-5-6-21-10-12;/h7-9,12H,3-6,10H2,1-2H3,(H,17,20);1H. The number of nitrogens with zero attached hydrogens (tertiary/aromatic N) is 2. The molecule has 1 atom stereocenters. The van der Waals surface area contributed by atoms with E-state index in [0.29, 0.717) is 31.1 Å². The van der Waals surface area contributed by atoms with Gasteiger partial charge in [0, 0.05) is 39.0 Å². The first kappa shape index (κ1) is 14.8. The molecule has 6 heteroatoms. The number of ether oxygens (including phenoxy) is 2. The van der Waals surface area contributed by atoms with Crippen molar-refractivity contribution in [3.05, 3.63) is 18.3 Å². The molecule has 1 aromatic carbocycles. The second kappa shape index (κ2) is 6.36. The summed E-state index contributed by atoms with van der Waals surface area (Å²) >= 11 is 0. The Bertz CT molecular complexity index is 681. The van der Waals surface area contributed by atoms with Crippen LogP contribution in [0.25, 0.3) is 10.9 Å². The van der Waals surface area contributed by atoms with Gasteiger partial charge in [-0.05, 0) is 12.5 Å². The smallest absolute Gasteiger partial charge is 0.224 e. The highest BCUT2D eigenvalue weighted by Crippen LogP contribution is 2.32. The first-order valence-corrected chi connectivity index (χ1v) is 7.67. The van der Waals surface area contributed by atoms with Gasteiger partial charge in [-0.15, -0.1) is 0 Å². The number of hydrogen-bond acceptors (Lipinski definition) is 4. The average Bonchev–Trinajstić information content (AvgIpc) is 3.08. The van der Waals surface area contributed by atoms with Crippen LogP contribution in [0.1, 0.15) is 27.6 Å². The van der Waals surface area contributed by atoms with Gasteiger partial charge in [-0.25, -0.2) is 0 Å². The molecule has 1 N–H and O–H groups in total. The van der Waals surface area contributed by atoms with Crippen molar-refractivity contribution in [3.63, 3.8) is 0 Å². The molecule has 0 bridgehead atoms. The van der Waals surface area contributed by atoms with E-state index < -0.39 is 0 Å². The second-order valence-electron chi connectivity index (χ2n) is 5.61. The van der Waals surface area contributed by atoms with Crippen LogP contribution >= 0.6 is 0 Å². The maximum Gasteiger partial charge on any atom is 0.224 e. The third-order valence-corrected chi connectivity index (χ3v) is 3.65. The number of fused-ring (bicyclic) bond motifs is 1. The molecule has 120 valence electrons. The van der Waals surface area contributed by atoms with Gasteiger partial charge in [-0.2, -0.15) is 5.10 Å². The molecule has 1 aliphatic rings. The molecule has 2 aromatic rings.